The van der Waals surface area contributed by atoms with Gasteiger partial charge in [0.25, 0.3) is 0 Å². The molecule has 0 spiro atoms. The van der Waals surface area contributed by atoms with Crippen molar-refractivity contribution in [1.29, 1.82) is 0 Å². The van der Waals surface area contributed by atoms with E-state index in [9.17, 15) is 31.9 Å². The number of Topliss-reactive ketones (excluding diaryl/α,β-unsaturated/α-hetero) is 1. The van der Waals surface area contributed by atoms with Crippen LogP contribution in [0.25, 0.3) is 17.1 Å². The second-order valence-corrected chi connectivity index (χ2v) is 11.6. The van der Waals surface area contributed by atoms with Gasteiger partial charge >= 0.3 is 6.18 Å². The summed E-state index contributed by atoms with van der Waals surface area (Å²) < 4.78 is 55.9. The largest absolute Gasteiger partial charge is 0.408 e. The van der Waals surface area contributed by atoms with Crippen LogP contribution in [0.15, 0.2) is 48.6 Å². The van der Waals surface area contributed by atoms with Gasteiger partial charge in [0.1, 0.15) is 11.9 Å². The Morgan fingerprint density at radius 2 is 1.82 bits per heavy atom. The minimum Gasteiger partial charge on any atom is -0.341 e. The first-order valence-electron chi connectivity index (χ1n) is 14.9. The lowest BCUT2D eigenvalue weighted by atomic mass is 9.87. The fraction of sp³-hybridized carbons (Fsp3) is 0.500. The lowest BCUT2D eigenvalue weighted by molar-refractivity contribution is -0.187. The molecule has 44 heavy (non-hydrogen) atoms. The van der Waals surface area contributed by atoms with Gasteiger partial charge in [-0.3, -0.25) is 19.4 Å². The van der Waals surface area contributed by atoms with E-state index in [2.05, 4.69) is 10.3 Å². The van der Waals surface area contributed by atoms with Gasteiger partial charge in [-0.1, -0.05) is 0 Å². The van der Waals surface area contributed by atoms with Gasteiger partial charge in [0.2, 0.25) is 11.8 Å². The molecule has 2 atom stereocenters. The van der Waals surface area contributed by atoms with Gasteiger partial charge in [0.15, 0.2) is 5.78 Å². The van der Waals surface area contributed by atoms with Crippen LogP contribution in [0.1, 0.15) is 62.5 Å². The highest BCUT2D eigenvalue weighted by atomic mass is 19.4. The van der Waals surface area contributed by atoms with Crippen molar-refractivity contribution in [2.24, 2.45) is 5.92 Å². The van der Waals surface area contributed by atoms with Crippen molar-refractivity contribution in [1.82, 2.24) is 24.7 Å². The number of nitrogens with zero attached hydrogens (tertiary/aromatic N) is 4. The molecule has 2 aromatic rings. The van der Waals surface area contributed by atoms with Gasteiger partial charge in [0, 0.05) is 60.2 Å². The molecule has 238 valence electrons. The van der Waals surface area contributed by atoms with Gasteiger partial charge in [-0.2, -0.15) is 13.2 Å². The summed E-state index contributed by atoms with van der Waals surface area (Å²) in [6, 6.07) is -1.14. The number of alkyl halides is 3. The van der Waals surface area contributed by atoms with Crippen molar-refractivity contribution >= 4 is 34.7 Å². The Morgan fingerprint density at radius 1 is 1.11 bits per heavy atom. The van der Waals surface area contributed by atoms with Crippen molar-refractivity contribution in [2.45, 2.75) is 77.7 Å². The lowest BCUT2D eigenvalue weighted by Gasteiger charge is -2.33. The second kappa shape index (κ2) is 13.9. The Bertz CT molecular complexity index is 1460. The van der Waals surface area contributed by atoms with Crippen LogP contribution in [0.3, 0.4) is 0 Å². The number of hydrogen-bond donors (Lipinski definition) is 1. The zero-order chi connectivity index (χ0) is 32.2. The topological polar surface area (TPSA) is 87.5 Å². The van der Waals surface area contributed by atoms with E-state index in [0.717, 1.165) is 44.5 Å². The Hall–Kier alpha value is -3.80. The SMILES string of the molecule is Cc1c(C(=O)C2CCN(C(=O)C3CCCN3)CC2)c2ccncc2n1/C=C/C=C(F)\C=C\C(=O)N(C(C)C)C(C)C(F)(F)F. The number of hydrogen-bond acceptors (Lipinski definition) is 5. The summed E-state index contributed by atoms with van der Waals surface area (Å²) in [6.07, 6.45) is 7.19. The molecule has 0 aromatic carbocycles. The summed E-state index contributed by atoms with van der Waals surface area (Å²) >= 11 is 0. The molecule has 1 N–H and O–H groups in total. The number of carbonyl (C=O) groups is 3. The highest BCUT2D eigenvalue weighted by Gasteiger charge is 2.42. The van der Waals surface area contributed by atoms with E-state index in [0.29, 0.717) is 53.0 Å². The molecule has 2 saturated heterocycles. The molecule has 12 heteroatoms. The smallest absolute Gasteiger partial charge is 0.341 e. The molecule has 2 aliphatic heterocycles. The van der Waals surface area contributed by atoms with Gasteiger partial charge in [0.05, 0.1) is 17.8 Å². The predicted octanol–water partition coefficient (Wildman–Crippen LogP) is 5.59. The number of likely N-dealkylation sites (tertiary alicyclic amines) is 1. The van der Waals surface area contributed by atoms with Crippen LogP contribution in [0, 0.1) is 12.8 Å². The monoisotopic (exact) mass is 617 g/mol. The molecule has 2 unspecified atom stereocenters. The Kier molecular flexibility index (Phi) is 10.4. The van der Waals surface area contributed by atoms with E-state index in [4.69, 9.17) is 0 Å². The number of carbonyl (C=O) groups excluding carboxylic acids is 3. The van der Waals surface area contributed by atoms with Crippen molar-refractivity contribution in [3.05, 3.63) is 59.8 Å². The van der Waals surface area contributed by atoms with Crippen molar-refractivity contribution in [3.8, 4) is 0 Å². The number of allylic oxidation sites excluding steroid dienone is 4. The van der Waals surface area contributed by atoms with Crippen LogP contribution in [-0.2, 0) is 9.59 Å². The minimum absolute atomic E-state index is 0.0112. The molecule has 2 fully saturated rings. The number of fused-ring (bicyclic) bond motifs is 1. The predicted molar refractivity (Wildman–Crippen MR) is 160 cm³/mol. The molecule has 2 amide bonds. The third-order valence-corrected chi connectivity index (χ3v) is 8.41. The van der Waals surface area contributed by atoms with Crippen molar-refractivity contribution in [2.75, 3.05) is 19.6 Å². The van der Waals surface area contributed by atoms with Crippen LogP contribution in [0.4, 0.5) is 17.6 Å². The summed E-state index contributed by atoms with van der Waals surface area (Å²) in [5.74, 6) is -1.94. The average molecular weight is 618 g/mol. The number of halogens is 4. The maximum absolute atomic E-state index is 14.6. The summed E-state index contributed by atoms with van der Waals surface area (Å²) in [5, 5.41) is 3.95. The van der Waals surface area contributed by atoms with Gasteiger partial charge in [-0.15, -0.1) is 0 Å². The third-order valence-electron chi connectivity index (χ3n) is 8.41. The molecular formula is C32H39F4N5O3. The van der Waals surface area contributed by atoms with Gasteiger partial charge in [-0.05, 0) is 84.2 Å². The molecule has 4 rings (SSSR count). The normalized spacial score (nSPS) is 19.5. The molecule has 4 heterocycles. The molecule has 2 aliphatic rings. The number of nitrogens with one attached hydrogen (secondary N) is 1. The Morgan fingerprint density at radius 3 is 2.43 bits per heavy atom. The summed E-state index contributed by atoms with van der Waals surface area (Å²) in [6.45, 7) is 7.49. The number of rotatable bonds is 9. The molecule has 0 bridgehead atoms. The number of amides is 2. The molecule has 0 radical (unpaired) electrons. The highest BCUT2D eigenvalue weighted by Crippen LogP contribution is 2.31. The fourth-order valence-electron chi connectivity index (χ4n) is 6.03. The quantitative estimate of drug-likeness (QED) is 0.172. The van der Waals surface area contributed by atoms with Gasteiger partial charge in [-0.25, -0.2) is 4.39 Å². The van der Waals surface area contributed by atoms with Crippen LogP contribution in [0.5, 0.6) is 0 Å². The van der Waals surface area contributed by atoms with Crippen LogP contribution in [-0.4, -0.2) is 80.9 Å². The van der Waals surface area contributed by atoms with E-state index in [-0.39, 0.29) is 23.7 Å². The third kappa shape index (κ3) is 7.28. The number of ketones is 1. The number of pyridine rings is 1. The zero-order valence-electron chi connectivity index (χ0n) is 25.4. The molecule has 0 saturated carbocycles. The summed E-state index contributed by atoms with van der Waals surface area (Å²) in [7, 11) is 0. The van der Waals surface area contributed by atoms with Crippen LogP contribution in [0.2, 0.25) is 0 Å². The molecule has 0 aliphatic carbocycles. The standard InChI is InChI=1S/C32H39F4N5O3/c1-20(2)41(22(4)32(34,35)36)28(42)10-9-24(33)7-6-16-40-21(3)29(25-11-15-37-19-27(25)40)30(43)23-12-17-39(18-13-23)31(44)26-8-5-14-38-26/h6-7,9-11,15-16,19-20,22-23,26,38H,5,8,12-14,17-18H2,1-4H3/b10-9+,16-6+,24-7+. The zero-order valence-corrected chi connectivity index (χ0v) is 25.4. The highest BCUT2D eigenvalue weighted by molar-refractivity contribution is 6.11. The van der Waals surface area contributed by atoms with Crippen LogP contribution >= 0.6 is 0 Å². The first-order chi connectivity index (χ1) is 20.8. The molecular weight excluding hydrogens is 578 g/mol. The van der Waals surface area contributed by atoms with Crippen molar-refractivity contribution in [3.63, 3.8) is 0 Å². The maximum Gasteiger partial charge on any atom is 0.408 e. The van der Waals surface area contributed by atoms with Gasteiger partial charge < -0.3 is 19.7 Å². The van der Waals surface area contributed by atoms with E-state index in [1.165, 1.54) is 19.9 Å². The summed E-state index contributed by atoms with van der Waals surface area (Å²) in [5.41, 5.74) is 1.85. The second-order valence-electron chi connectivity index (χ2n) is 11.6. The number of piperidine rings is 1. The minimum atomic E-state index is -4.61. The van der Waals surface area contributed by atoms with E-state index < -0.39 is 30.0 Å². The first-order valence-corrected chi connectivity index (χ1v) is 14.9. The number of aromatic nitrogens is 2. The first kappa shape index (κ1) is 33.1. The summed E-state index contributed by atoms with van der Waals surface area (Å²) in [4.78, 5) is 45.7. The lowest BCUT2D eigenvalue weighted by Crippen LogP contribution is -2.49. The van der Waals surface area contributed by atoms with E-state index >= 15 is 0 Å². The average Bonchev–Trinajstić information content (AvgIpc) is 3.62. The van der Waals surface area contributed by atoms with E-state index in [1.807, 2.05) is 4.90 Å². The van der Waals surface area contributed by atoms with Crippen molar-refractivity contribution < 1.29 is 31.9 Å². The van der Waals surface area contributed by atoms with E-state index in [1.54, 1.807) is 36.2 Å². The Labute approximate surface area is 254 Å². The fourth-order valence-corrected chi connectivity index (χ4v) is 6.03. The Balaban J connectivity index is 1.48. The molecule has 2 aromatic heterocycles. The van der Waals surface area contributed by atoms with Crippen LogP contribution < -0.4 is 5.32 Å². The maximum atomic E-state index is 14.6. The molecule has 8 nitrogen and oxygen atoms in total.